The molecule has 77 heavy (non-hydrogen) atoms. The summed E-state index contributed by atoms with van der Waals surface area (Å²) in [6.45, 7) is 9.11. The highest BCUT2D eigenvalue weighted by molar-refractivity contribution is 5.99. The number of carbonyl (C=O) groups excluding carboxylic acids is 10. The molecule has 21 N–H and O–H groups in total. The number of carbonyl (C=O) groups is 10. The molecule has 0 aromatic rings. The molecule has 0 bridgehead atoms. The molecular formula is C50H92N14O13. The number of amides is 10. The van der Waals surface area contributed by atoms with Crippen molar-refractivity contribution in [3.63, 3.8) is 0 Å². The van der Waals surface area contributed by atoms with E-state index in [9.17, 15) is 63.3 Å². The lowest BCUT2D eigenvalue weighted by atomic mass is 9.85. The molecule has 1 saturated heterocycles. The summed E-state index contributed by atoms with van der Waals surface area (Å²) in [5, 5.41) is 57.8. The fourth-order valence-corrected chi connectivity index (χ4v) is 9.04. The Morgan fingerprint density at radius 1 is 0.532 bits per heavy atom. The monoisotopic (exact) mass is 1100 g/mol. The van der Waals surface area contributed by atoms with Gasteiger partial charge in [-0.25, -0.2) is 0 Å². The van der Waals surface area contributed by atoms with Crippen molar-refractivity contribution >= 4 is 59.1 Å². The normalized spacial score (nSPS) is 25.3. The summed E-state index contributed by atoms with van der Waals surface area (Å²) >= 11 is 0. The van der Waals surface area contributed by atoms with Crippen LogP contribution in [0.1, 0.15) is 131 Å². The molecular weight excluding hydrogens is 1000 g/mol. The van der Waals surface area contributed by atoms with Crippen molar-refractivity contribution in [2.45, 2.75) is 204 Å². The number of aliphatic hydroxyl groups is 3. The van der Waals surface area contributed by atoms with E-state index in [1.54, 1.807) is 13.8 Å². The van der Waals surface area contributed by atoms with Crippen molar-refractivity contribution in [2.24, 2.45) is 40.7 Å². The first kappa shape index (κ1) is 67.5. The number of rotatable bonds is 23. The number of hydrogen-bond donors (Lipinski definition) is 17. The van der Waals surface area contributed by atoms with Crippen LogP contribution in [0.4, 0.5) is 0 Å². The van der Waals surface area contributed by atoms with Crippen LogP contribution in [0.15, 0.2) is 0 Å². The fraction of sp³-hybridized carbons (Fsp3) is 0.800. The molecule has 1 saturated carbocycles. The van der Waals surface area contributed by atoms with Gasteiger partial charge in [0.2, 0.25) is 59.1 Å². The van der Waals surface area contributed by atoms with E-state index in [-0.39, 0.29) is 95.3 Å². The van der Waals surface area contributed by atoms with Gasteiger partial charge >= 0.3 is 0 Å². The lowest BCUT2D eigenvalue weighted by Crippen LogP contribution is -2.61. The van der Waals surface area contributed by atoms with Crippen LogP contribution in [0.5, 0.6) is 0 Å². The minimum absolute atomic E-state index is 0.0208. The van der Waals surface area contributed by atoms with Crippen molar-refractivity contribution < 1.29 is 63.3 Å². The topological polar surface area (TPSA) is 456 Å². The van der Waals surface area contributed by atoms with Gasteiger partial charge in [0, 0.05) is 6.54 Å². The Balaban J connectivity index is 2.69. The Bertz CT molecular complexity index is 1940. The molecule has 0 spiro atoms. The molecule has 10 amide bonds. The van der Waals surface area contributed by atoms with Gasteiger partial charge in [-0.3, -0.25) is 47.9 Å². The molecule has 440 valence electrons. The molecule has 1 aliphatic heterocycles. The molecule has 0 aromatic carbocycles. The molecule has 2 fully saturated rings. The SMILES string of the molecule is CC(C)C[C@@H]1NC(=O)[C@@H](CC(C)C)NC(=O)[C@H](CCCN)NC(=O)[C@@H](NC(=O)[C@H](CCN)NC(=O)[C@@H](NC(=O)C(O)C2CCCCC2)C(C)O)CCNC(=O)[C@H](C(C)O)NC(=O)[C@H](CCN)NC(=O)[C@H](CCCN)NC1=O. The lowest BCUT2D eigenvalue weighted by Gasteiger charge is -2.29. The second-order valence-electron chi connectivity index (χ2n) is 21.1. The van der Waals surface area contributed by atoms with Crippen molar-refractivity contribution in [3.05, 3.63) is 0 Å². The Kier molecular flexibility index (Phi) is 30.7. The molecule has 0 radical (unpaired) electrons. The highest BCUT2D eigenvalue weighted by atomic mass is 16.3. The predicted molar refractivity (Wildman–Crippen MR) is 284 cm³/mol. The molecule has 0 aromatic heterocycles. The predicted octanol–water partition coefficient (Wildman–Crippen LogP) is -5.16. The first-order chi connectivity index (χ1) is 36.4. The summed E-state index contributed by atoms with van der Waals surface area (Å²) in [4.78, 5) is 140. The second-order valence-corrected chi connectivity index (χ2v) is 21.1. The van der Waals surface area contributed by atoms with Gasteiger partial charge in [0.15, 0.2) is 0 Å². The molecule has 27 nitrogen and oxygen atoms in total. The van der Waals surface area contributed by atoms with Crippen LogP contribution in [0.25, 0.3) is 0 Å². The highest BCUT2D eigenvalue weighted by Crippen LogP contribution is 2.26. The molecule has 3 unspecified atom stereocenters. The Labute approximate surface area is 451 Å². The Morgan fingerprint density at radius 3 is 1.45 bits per heavy atom. The molecule has 2 aliphatic rings. The quantitative estimate of drug-likeness (QED) is 0.0455. The number of nitrogens with two attached hydrogens (primary N) is 4. The van der Waals surface area contributed by atoms with E-state index in [0.29, 0.717) is 12.8 Å². The van der Waals surface area contributed by atoms with Gasteiger partial charge in [0.05, 0.1) is 12.2 Å². The average Bonchev–Trinajstić information content (AvgIpc) is 3.37. The number of aliphatic hydroxyl groups excluding tert-OH is 3. The van der Waals surface area contributed by atoms with Crippen molar-refractivity contribution in [2.75, 3.05) is 32.7 Å². The maximum absolute atomic E-state index is 14.4. The van der Waals surface area contributed by atoms with Crippen LogP contribution in [0, 0.1) is 17.8 Å². The van der Waals surface area contributed by atoms with Gasteiger partial charge in [0.1, 0.15) is 60.5 Å². The van der Waals surface area contributed by atoms with Crippen LogP contribution in [0.3, 0.4) is 0 Å². The molecule has 2 rings (SSSR count). The van der Waals surface area contributed by atoms with Gasteiger partial charge < -0.3 is 91.4 Å². The summed E-state index contributed by atoms with van der Waals surface area (Å²) in [6, 6.07) is -13.0. The standard InChI is InChI=1S/C50H92N14O13/c1-26(2)24-36-46(73)57-31(14-10-19-51)41(68)58-34(17-22-54)45(72)63-38(28(5)65)48(75)55-23-18-35(44(71)56-32(15-11-20-52)42(69)61-37(25-27(3)4)47(74)62-36)59-43(70)33(16-21-53)60-49(76)39(29(6)66)64-50(77)40(67)30-12-8-7-9-13-30/h26-40,65-67H,7-25,51-54H2,1-6H3,(H,55,75)(H,56,71)(H,57,73)(H,58,68)(H,59,70)(H,60,76)(H,61,69)(H,62,74)(H,63,72)(H,64,77)/t28?,29?,31-,32-,33-,34-,35-,36-,37+,38-,39-,40?/m0/s1. The van der Waals surface area contributed by atoms with Crippen molar-refractivity contribution in [1.29, 1.82) is 0 Å². The molecule has 1 heterocycles. The first-order valence-electron chi connectivity index (χ1n) is 27.2. The van der Waals surface area contributed by atoms with Gasteiger partial charge in [-0.2, -0.15) is 0 Å². The third kappa shape index (κ3) is 23.5. The zero-order valence-corrected chi connectivity index (χ0v) is 45.8. The zero-order chi connectivity index (χ0) is 57.9. The van der Waals surface area contributed by atoms with Crippen molar-refractivity contribution in [3.8, 4) is 0 Å². The number of nitrogens with one attached hydrogen (secondary N) is 10. The van der Waals surface area contributed by atoms with E-state index in [1.807, 2.05) is 13.8 Å². The lowest BCUT2D eigenvalue weighted by molar-refractivity contribution is -0.139. The summed E-state index contributed by atoms with van der Waals surface area (Å²) in [5.41, 5.74) is 23.3. The Hall–Kier alpha value is -5.58. The van der Waals surface area contributed by atoms with E-state index in [2.05, 4.69) is 53.2 Å². The molecule has 1 aliphatic carbocycles. The summed E-state index contributed by atoms with van der Waals surface area (Å²) < 4.78 is 0. The van der Waals surface area contributed by atoms with E-state index >= 15 is 0 Å². The van der Waals surface area contributed by atoms with E-state index in [4.69, 9.17) is 22.9 Å². The smallest absolute Gasteiger partial charge is 0.249 e. The van der Waals surface area contributed by atoms with Gasteiger partial charge in [-0.05, 0) is 128 Å². The number of hydrogen-bond acceptors (Lipinski definition) is 17. The second kappa shape index (κ2) is 35.0. The van der Waals surface area contributed by atoms with E-state index in [1.165, 1.54) is 13.8 Å². The van der Waals surface area contributed by atoms with Crippen LogP contribution in [-0.2, 0) is 47.9 Å². The van der Waals surface area contributed by atoms with E-state index in [0.717, 1.165) is 19.3 Å². The van der Waals surface area contributed by atoms with Crippen LogP contribution in [-0.4, -0.2) is 180 Å². The van der Waals surface area contributed by atoms with Gasteiger partial charge in [0.25, 0.3) is 0 Å². The van der Waals surface area contributed by atoms with Gasteiger partial charge in [-0.15, -0.1) is 0 Å². The maximum atomic E-state index is 14.4. The third-order valence-electron chi connectivity index (χ3n) is 13.4. The summed E-state index contributed by atoms with van der Waals surface area (Å²) in [7, 11) is 0. The zero-order valence-electron chi connectivity index (χ0n) is 45.8. The Morgan fingerprint density at radius 2 is 1.00 bits per heavy atom. The largest absolute Gasteiger partial charge is 0.391 e. The molecule has 27 heteroatoms. The fourth-order valence-electron chi connectivity index (χ4n) is 9.04. The maximum Gasteiger partial charge on any atom is 0.249 e. The minimum Gasteiger partial charge on any atom is -0.391 e. The van der Waals surface area contributed by atoms with Crippen molar-refractivity contribution in [1.82, 2.24) is 53.2 Å². The average molecular weight is 1100 g/mol. The van der Waals surface area contributed by atoms with Crippen LogP contribution < -0.4 is 76.1 Å². The third-order valence-corrected chi connectivity index (χ3v) is 13.4. The van der Waals surface area contributed by atoms with Gasteiger partial charge in [-0.1, -0.05) is 47.0 Å². The molecule has 12 atom stereocenters. The van der Waals surface area contributed by atoms with Crippen LogP contribution in [0.2, 0.25) is 0 Å². The minimum atomic E-state index is -1.66. The first-order valence-corrected chi connectivity index (χ1v) is 27.2. The summed E-state index contributed by atoms with van der Waals surface area (Å²) in [6.07, 6.45) is -0.991. The van der Waals surface area contributed by atoms with E-state index < -0.39 is 145 Å². The summed E-state index contributed by atoms with van der Waals surface area (Å²) in [5.74, 6) is -9.63. The van der Waals surface area contributed by atoms with Crippen LogP contribution >= 0.6 is 0 Å². The highest BCUT2D eigenvalue weighted by Gasteiger charge is 2.38.